The smallest absolute Gasteiger partial charge is 0.155 e. The molecule has 12 heteroatoms. The van der Waals surface area contributed by atoms with Gasteiger partial charge in [-0.3, -0.25) is 4.84 Å². The van der Waals surface area contributed by atoms with Crippen LogP contribution in [0.25, 0.3) is 0 Å². The van der Waals surface area contributed by atoms with Gasteiger partial charge in [0.1, 0.15) is 12.6 Å². The number of nitroso groups, excluding NO2 is 1. The van der Waals surface area contributed by atoms with Crippen molar-refractivity contribution in [3.63, 3.8) is 0 Å². The highest BCUT2D eigenvalue weighted by Gasteiger charge is 2.24. The molecular formula is C24H51Cl3N4O5. The number of allylic oxidation sites excluding steroid dienone is 2. The van der Waals surface area contributed by atoms with Crippen molar-refractivity contribution in [3.05, 3.63) is 21.5 Å². The molecule has 0 aliphatic heterocycles. The standard InChI is InChI=1S/2C5H10ClNO.C5H12ClNO.C5H10.C4H9NO2/c2*1-4(7-8)5(2,3)6;1-4(6)5(2,3)8-7;1-4-5(2)3;1-2-3-4-7-5-6/h8H,1-3H3;4H,1-3H3;4H,7H2,1-3H3;4H,1-3H3;2-4H2,1H3/b7-4+;;;;. The van der Waals surface area contributed by atoms with Crippen LogP contribution in [0.4, 0.5) is 0 Å². The Hall–Kier alpha value is -1.00. The van der Waals surface area contributed by atoms with Crippen molar-refractivity contribution >= 4 is 40.5 Å². The van der Waals surface area contributed by atoms with E-state index in [1.165, 1.54) is 5.57 Å². The van der Waals surface area contributed by atoms with Crippen molar-refractivity contribution < 1.29 is 14.9 Å². The molecule has 0 saturated carbocycles. The molecule has 0 aromatic heterocycles. The van der Waals surface area contributed by atoms with Crippen LogP contribution in [0.5, 0.6) is 0 Å². The summed E-state index contributed by atoms with van der Waals surface area (Å²) in [5, 5.41) is 16.1. The summed E-state index contributed by atoms with van der Waals surface area (Å²) in [6.07, 6.45) is 4.03. The van der Waals surface area contributed by atoms with Gasteiger partial charge >= 0.3 is 0 Å². The van der Waals surface area contributed by atoms with Gasteiger partial charge in [0.15, 0.2) is 5.34 Å². The Morgan fingerprint density at radius 3 is 1.56 bits per heavy atom. The third kappa shape index (κ3) is 37.5. The van der Waals surface area contributed by atoms with Crippen LogP contribution in [0.15, 0.2) is 27.3 Å². The highest BCUT2D eigenvalue weighted by molar-refractivity contribution is 6.35. The third-order valence-corrected chi connectivity index (χ3v) is 5.76. The summed E-state index contributed by atoms with van der Waals surface area (Å²) in [7, 11) is 0. The number of alkyl halides is 3. The molecule has 2 atom stereocenters. The molecule has 0 fully saturated rings. The topological polar surface area (TPSA) is 136 Å². The Morgan fingerprint density at radius 1 is 1.06 bits per heavy atom. The zero-order valence-corrected chi connectivity index (χ0v) is 26.8. The Morgan fingerprint density at radius 2 is 1.47 bits per heavy atom. The summed E-state index contributed by atoms with van der Waals surface area (Å²) in [6, 6.07) is -0.316. The Balaban J connectivity index is -0.000000112. The van der Waals surface area contributed by atoms with Gasteiger partial charge in [0, 0.05) is 0 Å². The average Bonchev–Trinajstić information content (AvgIpc) is 2.78. The Bertz CT molecular complexity index is 585. The van der Waals surface area contributed by atoms with Gasteiger partial charge in [-0.15, -0.1) is 39.7 Å². The van der Waals surface area contributed by atoms with Crippen LogP contribution in [0.3, 0.4) is 0 Å². The van der Waals surface area contributed by atoms with Crippen LogP contribution >= 0.6 is 34.8 Å². The molecule has 9 nitrogen and oxygen atoms in total. The minimum atomic E-state index is -0.519. The number of oxime groups is 1. The number of rotatable bonds is 9. The maximum atomic E-state index is 9.82. The van der Waals surface area contributed by atoms with Crippen LogP contribution in [0.1, 0.15) is 103 Å². The van der Waals surface area contributed by atoms with E-state index in [0.29, 0.717) is 12.3 Å². The first-order valence-electron chi connectivity index (χ1n) is 11.6. The van der Waals surface area contributed by atoms with Crippen LogP contribution < -0.4 is 5.90 Å². The van der Waals surface area contributed by atoms with Gasteiger partial charge in [0.25, 0.3) is 0 Å². The van der Waals surface area contributed by atoms with Gasteiger partial charge in [0.2, 0.25) is 0 Å². The number of unbranched alkanes of at least 4 members (excludes halogenated alkanes) is 1. The summed E-state index contributed by atoms with van der Waals surface area (Å²) in [5.74, 6) is 4.92. The summed E-state index contributed by atoms with van der Waals surface area (Å²) < 4.78 is 0. The molecule has 0 aliphatic rings. The van der Waals surface area contributed by atoms with Gasteiger partial charge in [-0.25, -0.2) is 5.90 Å². The van der Waals surface area contributed by atoms with E-state index in [2.05, 4.69) is 45.3 Å². The Kier molecular flexibility index (Phi) is 32.0. The fourth-order valence-corrected chi connectivity index (χ4v) is 0.713. The van der Waals surface area contributed by atoms with E-state index in [1.54, 1.807) is 41.5 Å². The molecule has 0 aliphatic carbocycles. The van der Waals surface area contributed by atoms with E-state index in [9.17, 15) is 9.81 Å². The van der Waals surface area contributed by atoms with Crippen molar-refractivity contribution in [2.45, 2.75) is 130 Å². The van der Waals surface area contributed by atoms with E-state index >= 15 is 0 Å². The fourth-order valence-electron chi connectivity index (χ4n) is 0.584. The quantitative estimate of drug-likeness (QED) is 0.0531. The minimum absolute atomic E-state index is 0.0625. The molecule has 2 unspecified atom stereocenters. The van der Waals surface area contributed by atoms with Crippen molar-refractivity contribution in [1.82, 2.24) is 0 Å². The van der Waals surface area contributed by atoms with Gasteiger partial charge in [-0.05, 0) is 89.5 Å². The first kappa shape index (κ1) is 45.0. The van der Waals surface area contributed by atoms with Crippen LogP contribution in [-0.4, -0.2) is 44.3 Å². The van der Waals surface area contributed by atoms with Crippen molar-refractivity contribution in [2.75, 3.05) is 6.61 Å². The lowest BCUT2D eigenvalue weighted by Gasteiger charge is -2.23. The predicted molar refractivity (Wildman–Crippen MR) is 156 cm³/mol. The maximum Gasteiger partial charge on any atom is 0.155 e. The molecular weight excluding hydrogens is 531 g/mol. The lowest BCUT2D eigenvalue weighted by Crippen LogP contribution is -2.36. The highest BCUT2D eigenvalue weighted by atomic mass is 35.5. The van der Waals surface area contributed by atoms with Crippen molar-refractivity contribution in [3.8, 4) is 0 Å². The molecule has 36 heavy (non-hydrogen) atoms. The lowest BCUT2D eigenvalue weighted by molar-refractivity contribution is -0.0188. The number of nitrogens with zero attached hydrogens (tertiary/aromatic N) is 3. The molecule has 218 valence electrons. The van der Waals surface area contributed by atoms with Gasteiger partial charge in [0.05, 0.1) is 26.4 Å². The SMILES string of the molecule is C/C(=N\O)C(C)(C)Cl.CC(Cl)C(C)(C)ON.CC(N=O)C(C)(C)Cl.CC=C(C)C.CCCCON=O. The third-order valence-electron chi connectivity index (χ3n) is 4.64. The Labute approximate surface area is 234 Å². The summed E-state index contributed by atoms with van der Waals surface area (Å²) >= 11 is 17.0. The van der Waals surface area contributed by atoms with Crippen molar-refractivity contribution in [2.24, 2.45) is 21.6 Å². The molecule has 3 N–H and O–H groups in total. The molecule has 0 aromatic rings. The monoisotopic (exact) mass is 580 g/mol. The van der Waals surface area contributed by atoms with E-state index in [0.717, 1.165) is 12.8 Å². The molecule has 0 aromatic carbocycles. The molecule has 0 spiro atoms. The highest BCUT2D eigenvalue weighted by Crippen LogP contribution is 2.19. The summed E-state index contributed by atoms with van der Waals surface area (Å²) in [4.78, 5) is 26.7. The zero-order chi connectivity index (χ0) is 30.2. The van der Waals surface area contributed by atoms with Crippen molar-refractivity contribution in [1.29, 1.82) is 0 Å². The van der Waals surface area contributed by atoms with E-state index < -0.39 is 15.3 Å². The van der Waals surface area contributed by atoms with Gasteiger partial charge in [-0.2, -0.15) is 4.91 Å². The van der Waals surface area contributed by atoms with E-state index in [1.807, 2.05) is 34.6 Å². The summed E-state index contributed by atoms with van der Waals surface area (Å²) in [5.41, 5.74) is 1.49. The number of hydrogen-bond acceptors (Lipinski definition) is 9. The number of nitrogens with two attached hydrogens (primary N) is 1. The first-order valence-corrected chi connectivity index (χ1v) is 12.8. The molecule has 0 rings (SSSR count). The van der Waals surface area contributed by atoms with Crippen LogP contribution in [0.2, 0.25) is 0 Å². The second kappa shape index (κ2) is 25.6. The maximum absolute atomic E-state index is 9.82. The minimum Gasteiger partial charge on any atom is -0.411 e. The lowest BCUT2D eigenvalue weighted by atomic mass is 10.1. The summed E-state index contributed by atoms with van der Waals surface area (Å²) in [6.45, 7) is 24.6. The fraction of sp³-hybridized carbons (Fsp3) is 0.875. The van der Waals surface area contributed by atoms with E-state index in [4.69, 9.17) is 45.9 Å². The normalized spacial score (nSPS) is 12.8. The first-order chi connectivity index (χ1) is 16.2. The van der Waals surface area contributed by atoms with Crippen LogP contribution in [-0.2, 0) is 9.68 Å². The molecule has 0 radical (unpaired) electrons. The number of hydrogen-bond donors (Lipinski definition) is 2. The average molecular weight is 582 g/mol. The van der Waals surface area contributed by atoms with Crippen LogP contribution in [0, 0.1) is 9.81 Å². The second-order valence-corrected chi connectivity index (χ2v) is 12.0. The number of halogens is 3. The predicted octanol–water partition coefficient (Wildman–Crippen LogP) is 8.75. The molecule has 0 bridgehead atoms. The van der Waals surface area contributed by atoms with Gasteiger partial charge < -0.3 is 10.0 Å². The second-order valence-electron chi connectivity index (χ2n) is 9.47. The van der Waals surface area contributed by atoms with Gasteiger partial charge in [-0.1, -0.05) is 35.3 Å². The van der Waals surface area contributed by atoms with E-state index in [-0.39, 0.29) is 11.4 Å². The zero-order valence-electron chi connectivity index (χ0n) is 24.5. The largest absolute Gasteiger partial charge is 0.411 e. The molecule has 0 amide bonds. The molecule has 0 heterocycles. The molecule has 0 saturated heterocycles.